The van der Waals surface area contributed by atoms with Crippen LogP contribution in [0.15, 0.2) is 108 Å². The van der Waals surface area contributed by atoms with Gasteiger partial charge in [0.25, 0.3) is 15.9 Å². The Morgan fingerprint density at radius 3 is 2.41 bits per heavy atom. The molecule has 0 radical (unpaired) electrons. The van der Waals surface area contributed by atoms with Gasteiger partial charge in [-0.05, 0) is 72.0 Å². The Kier molecular flexibility index (Phi) is 7.45. The highest BCUT2D eigenvalue weighted by Gasteiger charge is 2.31. The number of hydrogen-bond acceptors (Lipinski definition) is 7. The molecular weight excluding hydrogens is 633 g/mol. The molecule has 0 unspecified atom stereocenters. The molecule has 4 aromatic carbocycles. The van der Waals surface area contributed by atoms with Crippen LogP contribution in [0.5, 0.6) is 0 Å². The van der Waals surface area contributed by atoms with Crippen LogP contribution in [0, 0.1) is 0 Å². The van der Waals surface area contributed by atoms with Crippen molar-refractivity contribution in [1.82, 2.24) is 9.88 Å². The number of benzene rings is 4. The summed E-state index contributed by atoms with van der Waals surface area (Å²) < 4.78 is 29.6. The molecule has 46 heavy (non-hydrogen) atoms. The lowest BCUT2D eigenvalue weighted by molar-refractivity contribution is 0.102. The highest BCUT2D eigenvalue weighted by molar-refractivity contribution is 7.92. The minimum absolute atomic E-state index is 0.168. The number of anilines is 2. The van der Waals surface area contributed by atoms with Gasteiger partial charge in [-0.25, -0.2) is 13.4 Å². The molecule has 4 heterocycles. The van der Waals surface area contributed by atoms with E-state index in [2.05, 4.69) is 40.5 Å². The van der Waals surface area contributed by atoms with Gasteiger partial charge in [0.1, 0.15) is 10.0 Å². The fraction of sp³-hybridized carbons (Fsp3) is 0.167. The zero-order valence-corrected chi connectivity index (χ0v) is 27.3. The van der Waals surface area contributed by atoms with E-state index in [1.54, 1.807) is 34.8 Å². The molecular formula is C36H30N4O3S3. The van der Waals surface area contributed by atoms with E-state index >= 15 is 0 Å². The number of amides is 1. The van der Waals surface area contributed by atoms with Crippen LogP contribution >= 0.6 is 22.7 Å². The molecule has 0 aliphatic carbocycles. The smallest absolute Gasteiger partial charge is 0.264 e. The van der Waals surface area contributed by atoms with Crippen molar-refractivity contribution in [2.45, 2.75) is 30.8 Å². The van der Waals surface area contributed by atoms with Crippen molar-refractivity contribution in [3.63, 3.8) is 0 Å². The number of thiazole rings is 1. The molecule has 2 aromatic heterocycles. The van der Waals surface area contributed by atoms with Gasteiger partial charge in [-0.3, -0.25) is 14.0 Å². The number of rotatable bonds is 7. The predicted octanol–water partition coefficient (Wildman–Crippen LogP) is 7.59. The number of nitrogens with zero attached hydrogens (tertiary/aromatic N) is 3. The molecule has 0 bridgehead atoms. The third-order valence-electron chi connectivity index (χ3n) is 8.67. The Morgan fingerprint density at radius 1 is 0.826 bits per heavy atom. The highest BCUT2D eigenvalue weighted by Crippen LogP contribution is 2.46. The van der Waals surface area contributed by atoms with Crippen molar-refractivity contribution in [2.75, 3.05) is 22.7 Å². The molecule has 0 saturated carbocycles. The summed E-state index contributed by atoms with van der Waals surface area (Å²) in [4.78, 5) is 22.5. The molecule has 0 fully saturated rings. The summed E-state index contributed by atoms with van der Waals surface area (Å²) in [7, 11) is -3.75. The van der Waals surface area contributed by atoms with Crippen LogP contribution < -0.4 is 9.62 Å². The fourth-order valence-electron chi connectivity index (χ4n) is 6.36. The Morgan fingerprint density at radius 2 is 1.59 bits per heavy atom. The third-order valence-corrected chi connectivity index (χ3v) is 12.7. The van der Waals surface area contributed by atoms with Gasteiger partial charge >= 0.3 is 0 Å². The number of carbonyl (C=O) groups excluding carboxylic acids is 1. The van der Waals surface area contributed by atoms with Gasteiger partial charge in [0, 0.05) is 42.2 Å². The topological polar surface area (TPSA) is 82.6 Å². The van der Waals surface area contributed by atoms with Gasteiger partial charge in [-0.15, -0.1) is 22.7 Å². The SMILES string of the molecule is O=C(Nc1sc2c(c1-c1nc3ccccc3s1)CCN(Cc1ccccc1)C2)c1ccc(S(=O)(=O)N2CCc3ccccc32)cc1. The first-order chi connectivity index (χ1) is 22.4. The molecule has 1 amide bonds. The number of hydrogen-bond donors (Lipinski definition) is 1. The van der Waals surface area contributed by atoms with Crippen molar-refractivity contribution in [1.29, 1.82) is 0 Å². The highest BCUT2D eigenvalue weighted by atomic mass is 32.2. The second-order valence-electron chi connectivity index (χ2n) is 11.6. The Hall–Kier alpha value is -4.35. The first kappa shape index (κ1) is 29.1. The van der Waals surface area contributed by atoms with Crippen LogP contribution in [0.3, 0.4) is 0 Å². The number of carbonyl (C=O) groups is 1. The second kappa shape index (κ2) is 11.8. The van der Waals surface area contributed by atoms with E-state index in [9.17, 15) is 13.2 Å². The molecule has 7 nitrogen and oxygen atoms in total. The van der Waals surface area contributed by atoms with Gasteiger partial charge < -0.3 is 5.32 Å². The van der Waals surface area contributed by atoms with Crippen molar-refractivity contribution in [2.24, 2.45) is 0 Å². The molecule has 230 valence electrons. The first-order valence-electron chi connectivity index (χ1n) is 15.2. The van der Waals surface area contributed by atoms with Gasteiger partial charge in [0.2, 0.25) is 0 Å². The first-order valence-corrected chi connectivity index (χ1v) is 18.3. The van der Waals surface area contributed by atoms with E-state index < -0.39 is 10.0 Å². The van der Waals surface area contributed by atoms with Crippen LogP contribution in [-0.2, 0) is 36.0 Å². The van der Waals surface area contributed by atoms with Crippen molar-refractivity contribution < 1.29 is 13.2 Å². The number of sulfonamides is 1. The van der Waals surface area contributed by atoms with Crippen molar-refractivity contribution in [3.05, 3.63) is 130 Å². The molecule has 2 aliphatic rings. The number of thiophene rings is 1. The molecule has 8 rings (SSSR count). The molecule has 10 heteroatoms. The summed E-state index contributed by atoms with van der Waals surface area (Å²) in [5.41, 5.74) is 6.61. The summed E-state index contributed by atoms with van der Waals surface area (Å²) in [5.74, 6) is -0.280. The monoisotopic (exact) mass is 662 g/mol. The zero-order chi connectivity index (χ0) is 31.3. The standard InChI is InChI=1S/C36H30N4O3S3/c41-34(26-14-16-27(17-15-26)46(42,43)40-21-18-25-10-4-6-12-30(25)40)38-36-33(35-37-29-11-5-7-13-31(29)44-35)28-19-20-39(23-32(28)45-36)22-24-8-2-1-3-9-24/h1-17H,18-23H2,(H,38,41). The van der Waals surface area contributed by atoms with Crippen molar-refractivity contribution in [3.8, 4) is 10.6 Å². The predicted molar refractivity (Wildman–Crippen MR) is 186 cm³/mol. The lowest BCUT2D eigenvalue weighted by Gasteiger charge is -2.27. The van der Waals surface area contributed by atoms with Gasteiger partial charge in [-0.1, -0.05) is 60.7 Å². The molecule has 6 aromatic rings. The maximum absolute atomic E-state index is 13.7. The normalized spacial score (nSPS) is 14.7. The molecule has 1 N–H and O–H groups in total. The number of para-hydroxylation sites is 2. The fourth-order valence-corrected chi connectivity index (χ4v) is 10.3. The van der Waals surface area contributed by atoms with E-state index in [0.717, 1.165) is 63.1 Å². The minimum Gasteiger partial charge on any atom is -0.313 e. The third kappa shape index (κ3) is 5.31. The number of fused-ring (bicyclic) bond motifs is 3. The van der Waals surface area contributed by atoms with Gasteiger partial charge in [0.15, 0.2) is 0 Å². The molecule has 0 atom stereocenters. The lowest BCUT2D eigenvalue weighted by atomic mass is 10.0. The van der Waals surface area contributed by atoms with Crippen LogP contribution in [0.1, 0.15) is 31.9 Å². The van der Waals surface area contributed by atoms with Crippen LogP contribution in [0.4, 0.5) is 10.7 Å². The summed E-state index contributed by atoms with van der Waals surface area (Å²) in [6.45, 7) is 3.00. The number of aromatic nitrogens is 1. The summed E-state index contributed by atoms with van der Waals surface area (Å²) in [6, 6.07) is 32.4. The Balaban J connectivity index is 1.08. The number of nitrogens with one attached hydrogen (secondary N) is 1. The van der Waals surface area contributed by atoms with Gasteiger partial charge in [-0.2, -0.15) is 0 Å². The molecule has 0 spiro atoms. The van der Waals surface area contributed by atoms with Crippen molar-refractivity contribution >= 4 is 59.5 Å². The lowest BCUT2D eigenvalue weighted by Crippen LogP contribution is -2.29. The summed E-state index contributed by atoms with van der Waals surface area (Å²) in [5, 5.41) is 4.87. The summed E-state index contributed by atoms with van der Waals surface area (Å²) >= 11 is 3.25. The average Bonchev–Trinajstić information content (AvgIpc) is 3.80. The Labute approximate surface area is 275 Å². The Bertz CT molecular complexity index is 2160. The van der Waals surface area contributed by atoms with Gasteiger partial charge in [0.05, 0.1) is 20.8 Å². The zero-order valence-electron chi connectivity index (χ0n) is 24.8. The van der Waals surface area contributed by atoms with E-state index in [4.69, 9.17) is 4.98 Å². The minimum atomic E-state index is -3.75. The second-order valence-corrected chi connectivity index (χ2v) is 15.6. The quantitative estimate of drug-likeness (QED) is 0.191. The van der Waals surface area contributed by atoms with E-state index in [1.807, 2.05) is 48.5 Å². The maximum atomic E-state index is 13.7. The van der Waals surface area contributed by atoms with E-state index in [0.29, 0.717) is 18.5 Å². The van der Waals surface area contributed by atoms with Crippen LogP contribution in [-0.4, -0.2) is 37.3 Å². The van der Waals surface area contributed by atoms with E-state index in [-0.39, 0.29) is 10.8 Å². The summed E-state index contributed by atoms with van der Waals surface area (Å²) in [6.07, 6.45) is 1.55. The molecule has 2 aliphatic heterocycles. The average molecular weight is 663 g/mol. The van der Waals surface area contributed by atoms with Crippen LogP contribution in [0.2, 0.25) is 0 Å². The van der Waals surface area contributed by atoms with E-state index in [1.165, 1.54) is 32.4 Å². The van der Waals surface area contributed by atoms with Crippen LogP contribution in [0.25, 0.3) is 20.8 Å². The maximum Gasteiger partial charge on any atom is 0.264 e. The largest absolute Gasteiger partial charge is 0.313 e. The molecule has 0 saturated heterocycles.